The molecule has 0 bridgehead atoms. The molecule has 1 aromatic heterocycles. The van der Waals surface area contributed by atoms with Crippen LogP contribution < -0.4 is 5.32 Å². The standard InChI is InChI=1S/C16H19N3O4S2/c1-9(17-2)5-6-22-23-16(21)12-8-24-14(19-12)15-18-11-4-3-10(20)7-13(11)25-15/h3-4,7,9,12,17,20H,5-6,8H2,1-2H3/t9?,12-/m1/s1. The van der Waals surface area contributed by atoms with Crippen molar-refractivity contribution >= 4 is 44.3 Å². The minimum Gasteiger partial charge on any atom is -0.508 e. The van der Waals surface area contributed by atoms with Crippen molar-refractivity contribution in [2.75, 3.05) is 19.4 Å². The molecule has 0 amide bonds. The topological polar surface area (TPSA) is 93.0 Å². The number of thiazole rings is 1. The summed E-state index contributed by atoms with van der Waals surface area (Å²) in [7, 11) is 1.87. The number of thioether (sulfide) groups is 1. The second-order valence-corrected chi connectivity index (χ2v) is 7.67. The van der Waals surface area contributed by atoms with Crippen molar-refractivity contribution in [3.63, 3.8) is 0 Å². The molecule has 0 saturated heterocycles. The molecular formula is C16H19N3O4S2. The molecule has 1 aliphatic rings. The molecule has 0 aliphatic carbocycles. The maximum absolute atomic E-state index is 12.0. The van der Waals surface area contributed by atoms with E-state index in [1.54, 1.807) is 18.2 Å². The number of carbonyl (C=O) groups excluding carboxylic acids is 1. The lowest BCUT2D eigenvalue weighted by Crippen LogP contribution is -2.25. The molecule has 1 aromatic carbocycles. The zero-order valence-electron chi connectivity index (χ0n) is 13.9. The molecule has 2 heterocycles. The van der Waals surface area contributed by atoms with Crippen molar-refractivity contribution in [1.29, 1.82) is 0 Å². The van der Waals surface area contributed by atoms with Crippen LogP contribution in [0.2, 0.25) is 0 Å². The lowest BCUT2D eigenvalue weighted by molar-refractivity contribution is -0.273. The van der Waals surface area contributed by atoms with Gasteiger partial charge in [-0.05, 0) is 38.6 Å². The Morgan fingerprint density at radius 3 is 3.16 bits per heavy atom. The van der Waals surface area contributed by atoms with Crippen molar-refractivity contribution < 1.29 is 19.7 Å². The van der Waals surface area contributed by atoms with Crippen molar-refractivity contribution in [2.24, 2.45) is 4.99 Å². The zero-order valence-corrected chi connectivity index (χ0v) is 15.5. The summed E-state index contributed by atoms with van der Waals surface area (Å²) in [5.41, 5.74) is 0.800. The average molecular weight is 381 g/mol. The van der Waals surface area contributed by atoms with E-state index in [4.69, 9.17) is 9.78 Å². The van der Waals surface area contributed by atoms with Crippen LogP contribution in [0.4, 0.5) is 0 Å². The highest BCUT2D eigenvalue weighted by Gasteiger charge is 2.29. The third-order valence-corrected chi connectivity index (χ3v) is 5.95. The number of benzene rings is 1. The van der Waals surface area contributed by atoms with Crippen molar-refractivity contribution in [3.8, 4) is 5.75 Å². The van der Waals surface area contributed by atoms with E-state index in [0.29, 0.717) is 23.4 Å². The van der Waals surface area contributed by atoms with E-state index in [9.17, 15) is 9.90 Å². The Hall–Kier alpha value is -1.68. The van der Waals surface area contributed by atoms with Gasteiger partial charge in [0.1, 0.15) is 15.8 Å². The number of phenolic OH excluding ortho intramolecular Hbond substituents is 1. The van der Waals surface area contributed by atoms with E-state index >= 15 is 0 Å². The molecule has 1 aliphatic heterocycles. The summed E-state index contributed by atoms with van der Waals surface area (Å²) < 4.78 is 0.881. The Morgan fingerprint density at radius 1 is 1.52 bits per heavy atom. The fourth-order valence-corrected chi connectivity index (χ4v) is 4.23. The monoisotopic (exact) mass is 381 g/mol. The van der Waals surface area contributed by atoms with Gasteiger partial charge in [0.2, 0.25) is 0 Å². The SMILES string of the molecule is CNC(C)CCOOC(=O)[C@H]1CSC(c2nc3ccc(O)cc3s2)=N1. The summed E-state index contributed by atoms with van der Waals surface area (Å²) >= 11 is 2.90. The zero-order chi connectivity index (χ0) is 17.8. The lowest BCUT2D eigenvalue weighted by Gasteiger charge is -2.09. The number of hydrogen-bond acceptors (Lipinski definition) is 9. The summed E-state index contributed by atoms with van der Waals surface area (Å²) in [6.45, 7) is 2.36. The number of aliphatic imine (C=N–C) groups is 1. The number of phenols is 1. The van der Waals surface area contributed by atoms with Crippen LogP contribution in [0.5, 0.6) is 5.75 Å². The van der Waals surface area contributed by atoms with Crippen molar-refractivity contribution in [3.05, 3.63) is 23.2 Å². The first-order valence-electron chi connectivity index (χ1n) is 7.88. The van der Waals surface area contributed by atoms with E-state index in [2.05, 4.69) is 15.3 Å². The first-order chi connectivity index (χ1) is 12.1. The van der Waals surface area contributed by atoms with Gasteiger partial charge in [-0.1, -0.05) is 0 Å². The number of aromatic hydroxyl groups is 1. The first-order valence-corrected chi connectivity index (χ1v) is 9.68. The maximum Gasteiger partial charge on any atom is 0.367 e. The van der Waals surface area contributed by atoms with Crippen LogP contribution in [-0.2, 0) is 14.6 Å². The fourth-order valence-electron chi connectivity index (χ4n) is 2.14. The summed E-state index contributed by atoms with van der Waals surface area (Å²) in [5.74, 6) is 0.222. The van der Waals surface area contributed by atoms with Crippen LogP contribution >= 0.6 is 23.1 Å². The normalized spacial score (nSPS) is 18.3. The van der Waals surface area contributed by atoms with Gasteiger partial charge in [-0.3, -0.25) is 9.88 Å². The van der Waals surface area contributed by atoms with Gasteiger partial charge in [-0.2, -0.15) is 4.89 Å². The van der Waals surface area contributed by atoms with Crippen LogP contribution in [0.1, 0.15) is 18.4 Å². The molecule has 134 valence electrons. The van der Waals surface area contributed by atoms with Crippen LogP contribution in [-0.4, -0.2) is 52.6 Å². The highest BCUT2D eigenvalue weighted by molar-refractivity contribution is 8.15. The number of carbonyl (C=O) groups is 1. The number of hydrogen-bond donors (Lipinski definition) is 2. The highest BCUT2D eigenvalue weighted by atomic mass is 32.2. The molecule has 0 fully saturated rings. The molecular weight excluding hydrogens is 362 g/mol. The number of nitrogens with one attached hydrogen (secondary N) is 1. The van der Waals surface area contributed by atoms with Crippen LogP contribution in [0.25, 0.3) is 10.2 Å². The van der Waals surface area contributed by atoms with E-state index in [1.165, 1.54) is 23.1 Å². The Morgan fingerprint density at radius 2 is 2.36 bits per heavy atom. The number of fused-ring (bicyclic) bond motifs is 1. The molecule has 2 N–H and O–H groups in total. The van der Waals surface area contributed by atoms with Gasteiger partial charge in [0.25, 0.3) is 0 Å². The molecule has 2 aromatic rings. The number of rotatable bonds is 7. The molecule has 1 unspecified atom stereocenters. The van der Waals surface area contributed by atoms with Gasteiger partial charge in [0.05, 0.1) is 16.8 Å². The van der Waals surface area contributed by atoms with E-state index < -0.39 is 12.0 Å². The minimum atomic E-state index is -0.581. The maximum atomic E-state index is 12.0. The van der Waals surface area contributed by atoms with E-state index in [1.807, 2.05) is 14.0 Å². The lowest BCUT2D eigenvalue weighted by atomic mass is 10.2. The molecule has 25 heavy (non-hydrogen) atoms. The summed E-state index contributed by atoms with van der Waals surface area (Å²) in [4.78, 5) is 30.7. The van der Waals surface area contributed by atoms with Crippen molar-refractivity contribution in [1.82, 2.24) is 10.3 Å². The molecule has 0 spiro atoms. The van der Waals surface area contributed by atoms with Gasteiger partial charge < -0.3 is 10.4 Å². The Labute approximate surface area is 153 Å². The summed E-state index contributed by atoms with van der Waals surface area (Å²) in [6.07, 6.45) is 0.746. The van der Waals surface area contributed by atoms with Crippen LogP contribution in [0, 0.1) is 0 Å². The average Bonchev–Trinajstić information content (AvgIpc) is 3.24. The Balaban J connectivity index is 1.58. The number of aromatic nitrogens is 1. The van der Waals surface area contributed by atoms with Gasteiger partial charge in [-0.25, -0.2) is 9.78 Å². The summed E-state index contributed by atoms with van der Waals surface area (Å²) in [6, 6.07) is 4.74. The van der Waals surface area contributed by atoms with Crippen LogP contribution in [0.15, 0.2) is 23.2 Å². The van der Waals surface area contributed by atoms with Gasteiger partial charge in [-0.15, -0.1) is 23.1 Å². The molecule has 0 radical (unpaired) electrons. The molecule has 2 atom stereocenters. The largest absolute Gasteiger partial charge is 0.508 e. The van der Waals surface area contributed by atoms with Crippen LogP contribution in [0.3, 0.4) is 0 Å². The number of nitrogens with zero attached hydrogens (tertiary/aromatic N) is 2. The minimum absolute atomic E-state index is 0.204. The summed E-state index contributed by atoms with van der Waals surface area (Å²) in [5, 5.41) is 14.1. The molecule has 0 saturated carbocycles. The fraction of sp³-hybridized carbons (Fsp3) is 0.438. The van der Waals surface area contributed by atoms with E-state index in [-0.39, 0.29) is 5.75 Å². The Bertz CT molecular complexity index is 793. The third-order valence-electron chi connectivity index (χ3n) is 3.75. The molecule has 7 nitrogen and oxygen atoms in total. The van der Waals surface area contributed by atoms with Gasteiger partial charge >= 0.3 is 5.97 Å². The predicted molar refractivity (Wildman–Crippen MR) is 99.3 cm³/mol. The molecule has 3 rings (SSSR count). The smallest absolute Gasteiger partial charge is 0.367 e. The second kappa shape index (κ2) is 8.13. The van der Waals surface area contributed by atoms with Gasteiger partial charge in [0, 0.05) is 11.8 Å². The third kappa shape index (κ3) is 4.49. The Kier molecular flexibility index (Phi) is 5.89. The molecule has 9 heteroatoms. The highest BCUT2D eigenvalue weighted by Crippen LogP contribution is 2.31. The van der Waals surface area contributed by atoms with Gasteiger partial charge in [0.15, 0.2) is 6.04 Å². The van der Waals surface area contributed by atoms with E-state index in [0.717, 1.165) is 21.6 Å². The predicted octanol–water partition coefficient (Wildman–Crippen LogP) is 2.34. The quantitative estimate of drug-likeness (QED) is 0.432. The second-order valence-electron chi connectivity index (χ2n) is 5.63. The van der Waals surface area contributed by atoms with Crippen molar-refractivity contribution in [2.45, 2.75) is 25.4 Å². The first kappa shape index (κ1) is 18.1.